The SMILES string of the molecule is Fc1cccc(-c2ncc[nH]2)c1F. The van der Waals surface area contributed by atoms with E-state index in [0.717, 1.165) is 6.07 Å². The standard InChI is InChI=1S/C9H6F2N2/c10-7-3-1-2-6(8(7)11)9-12-4-5-13-9/h1-5H,(H,12,13). The van der Waals surface area contributed by atoms with E-state index in [1.165, 1.54) is 18.3 Å². The van der Waals surface area contributed by atoms with Crippen LogP contribution in [0.3, 0.4) is 0 Å². The Hall–Kier alpha value is -1.71. The molecule has 13 heavy (non-hydrogen) atoms. The number of halogens is 2. The van der Waals surface area contributed by atoms with Crippen LogP contribution in [0.25, 0.3) is 11.4 Å². The molecule has 0 unspecified atom stereocenters. The van der Waals surface area contributed by atoms with Gasteiger partial charge in [0, 0.05) is 12.4 Å². The molecule has 0 amide bonds. The number of nitrogens with zero attached hydrogens (tertiary/aromatic N) is 1. The number of hydrogen-bond acceptors (Lipinski definition) is 1. The van der Waals surface area contributed by atoms with E-state index in [0.29, 0.717) is 5.82 Å². The van der Waals surface area contributed by atoms with Crippen LogP contribution in [0.4, 0.5) is 8.78 Å². The summed E-state index contributed by atoms with van der Waals surface area (Å²) in [6, 6.07) is 3.98. The van der Waals surface area contributed by atoms with Gasteiger partial charge in [-0.3, -0.25) is 0 Å². The minimum Gasteiger partial charge on any atom is -0.345 e. The van der Waals surface area contributed by atoms with Crippen molar-refractivity contribution < 1.29 is 8.78 Å². The average Bonchev–Trinajstić information content (AvgIpc) is 2.62. The van der Waals surface area contributed by atoms with E-state index in [2.05, 4.69) is 9.97 Å². The summed E-state index contributed by atoms with van der Waals surface area (Å²) in [4.78, 5) is 6.53. The molecule has 1 heterocycles. The highest BCUT2D eigenvalue weighted by Gasteiger charge is 2.10. The third kappa shape index (κ3) is 1.30. The van der Waals surface area contributed by atoms with Crippen LogP contribution in [-0.2, 0) is 0 Å². The van der Waals surface area contributed by atoms with E-state index in [4.69, 9.17) is 0 Å². The predicted molar refractivity (Wildman–Crippen MR) is 43.9 cm³/mol. The van der Waals surface area contributed by atoms with Crippen molar-refractivity contribution in [3.05, 3.63) is 42.2 Å². The van der Waals surface area contributed by atoms with Gasteiger partial charge < -0.3 is 4.98 Å². The molecule has 4 heteroatoms. The zero-order chi connectivity index (χ0) is 9.26. The first kappa shape index (κ1) is 7.91. The van der Waals surface area contributed by atoms with Crippen molar-refractivity contribution in [1.82, 2.24) is 9.97 Å². The predicted octanol–water partition coefficient (Wildman–Crippen LogP) is 2.35. The van der Waals surface area contributed by atoms with Gasteiger partial charge >= 0.3 is 0 Å². The van der Waals surface area contributed by atoms with Crippen molar-refractivity contribution in [2.75, 3.05) is 0 Å². The fourth-order valence-electron chi connectivity index (χ4n) is 1.10. The third-order valence-corrected chi connectivity index (χ3v) is 1.70. The Morgan fingerprint density at radius 3 is 2.77 bits per heavy atom. The van der Waals surface area contributed by atoms with Gasteiger partial charge in [-0.25, -0.2) is 13.8 Å². The molecule has 0 aliphatic heterocycles. The molecule has 0 aliphatic rings. The van der Waals surface area contributed by atoms with E-state index in [1.807, 2.05) is 0 Å². The lowest BCUT2D eigenvalue weighted by atomic mass is 10.2. The van der Waals surface area contributed by atoms with Gasteiger partial charge in [-0.15, -0.1) is 0 Å². The molecule has 1 aromatic heterocycles. The van der Waals surface area contributed by atoms with Gasteiger partial charge in [0.2, 0.25) is 0 Å². The first-order valence-electron chi connectivity index (χ1n) is 3.73. The van der Waals surface area contributed by atoms with Crippen LogP contribution in [0.15, 0.2) is 30.6 Å². The molecule has 66 valence electrons. The van der Waals surface area contributed by atoms with E-state index in [1.54, 1.807) is 6.20 Å². The highest BCUT2D eigenvalue weighted by Crippen LogP contribution is 2.20. The summed E-state index contributed by atoms with van der Waals surface area (Å²) in [6.07, 6.45) is 3.04. The van der Waals surface area contributed by atoms with Crippen LogP contribution >= 0.6 is 0 Å². The summed E-state index contributed by atoms with van der Waals surface area (Å²) in [7, 11) is 0. The molecule has 1 aromatic carbocycles. The van der Waals surface area contributed by atoms with Gasteiger partial charge in [0.15, 0.2) is 11.6 Å². The maximum atomic E-state index is 13.1. The molecule has 1 N–H and O–H groups in total. The zero-order valence-corrected chi connectivity index (χ0v) is 6.59. The maximum Gasteiger partial charge on any atom is 0.169 e. The van der Waals surface area contributed by atoms with Crippen LogP contribution < -0.4 is 0 Å². The van der Waals surface area contributed by atoms with E-state index >= 15 is 0 Å². The number of imidazole rings is 1. The highest BCUT2D eigenvalue weighted by atomic mass is 19.2. The summed E-state index contributed by atoms with van der Waals surface area (Å²) in [6.45, 7) is 0. The molecule has 0 aliphatic carbocycles. The van der Waals surface area contributed by atoms with Crippen LogP contribution in [0.5, 0.6) is 0 Å². The van der Waals surface area contributed by atoms with E-state index < -0.39 is 11.6 Å². The number of hydrogen-bond donors (Lipinski definition) is 1. The van der Waals surface area contributed by atoms with Gasteiger partial charge in [0.1, 0.15) is 5.82 Å². The molecule has 0 saturated carbocycles. The Morgan fingerprint density at radius 2 is 2.08 bits per heavy atom. The molecule has 0 bridgehead atoms. The third-order valence-electron chi connectivity index (χ3n) is 1.70. The largest absolute Gasteiger partial charge is 0.345 e. The van der Waals surface area contributed by atoms with E-state index in [-0.39, 0.29) is 5.56 Å². The van der Waals surface area contributed by atoms with Crippen LogP contribution in [0.1, 0.15) is 0 Å². The number of aromatic nitrogens is 2. The van der Waals surface area contributed by atoms with Crippen LogP contribution in [0, 0.1) is 11.6 Å². The van der Waals surface area contributed by atoms with Crippen molar-refractivity contribution >= 4 is 0 Å². The number of nitrogens with one attached hydrogen (secondary N) is 1. The van der Waals surface area contributed by atoms with Gasteiger partial charge in [0.25, 0.3) is 0 Å². The summed E-state index contributed by atoms with van der Waals surface area (Å²) >= 11 is 0. The Morgan fingerprint density at radius 1 is 1.23 bits per heavy atom. The molecular formula is C9H6F2N2. The monoisotopic (exact) mass is 180 g/mol. The quantitative estimate of drug-likeness (QED) is 0.716. The molecule has 0 saturated heterocycles. The molecule has 0 spiro atoms. The molecule has 2 nitrogen and oxygen atoms in total. The van der Waals surface area contributed by atoms with Crippen molar-refractivity contribution in [3.63, 3.8) is 0 Å². The normalized spacial score (nSPS) is 10.3. The maximum absolute atomic E-state index is 13.1. The second kappa shape index (κ2) is 2.97. The number of benzene rings is 1. The molecule has 2 aromatic rings. The van der Waals surface area contributed by atoms with Gasteiger partial charge in [-0.05, 0) is 12.1 Å². The number of rotatable bonds is 1. The lowest BCUT2D eigenvalue weighted by Crippen LogP contribution is -1.90. The fourth-order valence-corrected chi connectivity index (χ4v) is 1.10. The Balaban J connectivity index is 2.59. The van der Waals surface area contributed by atoms with Gasteiger partial charge in [-0.1, -0.05) is 6.07 Å². The topological polar surface area (TPSA) is 28.7 Å². The van der Waals surface area contributed by atoms with Crippen LogP contribution in [0.2, 0.25) is 0 Å². The van der Waals surface area contributed by atoms with Crippen molar-refractivity contribution in [3.8, 4) is 11.4 Å². The van der Waals surface area contributed by atoms with Crippen molar-refractivity contribution in [2.24, 2.45) is 0 Å². The average molecular weight is 180 g/mol. The molecule has 2 rings (SSSR count). The molecular weight excluding hydrogens is 174 g/mol. The second-order valence-corrected chi connectivity index (χ2v) is 2.54. The van der Waals surface area contributed by atoms with E-state index in [9.17, 15) is 8.78 Å². The summed E-state index contributed by atoms with van der Waals surface area (Å²) in [5.41, 5.74) is 0.144. The number of H-pyrrole nitrogens is 1. The Bertz CT molecular complexity index is 410. The lowest BCUT2D eigenvalue weighted by molar-refractivity contribution is 0.510. The zero-order valence-electron chi connectivity index (χ0n) is 6.59. The van der Waals surface area contributed by atoms with Crippen LogP contribution in [-0.4, -0.2) is 9.97 Å². The second-order valence-electron chi connectivity index (χ2n) is 2.54. The summed E-state index contributed by atoms with van der Waals surface area (Å²) in [5, 5.41) is 0. The summed E-state index contributed by atoms with van der Waals surface area (Å²) in [5.74, 6) is -1.41. The van der Waals surface area contributed by atoms with Crippen molar-refractivity contribution in [2.45, 2.75) is 0 Å². The lowest BCUT2D eigenvalue weighted by Gasteiger charge is -1.98. The molecule has 0 fully saturated rings. The van der Waals surface area contributed by atoms with Gasteiger partial charge in [0.05, 0.1) is 5.56 Å². The first-order valence-corrected chi connectivity index (χ1v) is 3.73. The number of aromatic amines is 1. The summed E-state index contributed by atoms with van der Waals surface area (Å²) < 4.78 is 25.9. The molecule has 0 atom stereocenters. The Labute approximate surface area is 73.2 Å². The van der Waals surface area contributed by atoms with Gasteiger partial charge in [-0.2, -0.15) is 0 Å². The minimum absolute atomic E-state index is 0.144. The molecule has 0 radical (unpaired) electrons. The Kier molecular flexibility index (Phi) is 1.81. The minimum atomic E-state index is -0.877. The first-order chi connectivity index (χ1) is 6.29. The highest BCUT2D eigenvalue weighted by molar-refractivity contribution is 5.55. The van der Waals surface area contributed by atoms with Crippen molar-refractivity contribution in [1.29, 1.82) is 0 Å². The smallest absolute Gasteiger partial charge is 0.169 e. The fraction of sp³-hybridized carbons (Fsp3) is 0.